The van der Waals surface area contributed by atoms with Crippen LogP contribution in [0.5, 0.6) is 5.75 Å². The second-order valence-electron chi connectivity index (χ2n) is 6.82. The van der Waals surface area contributed by atoms with Crippen molar-refractivity contribution >= 4 is 5.95 Å². The van der Waals surface area contributed by atoms with E-state index >= 15 is 0 Å². The summed E-state index contributed by atoms with van der Waals surface area (Å²) in [6.07, 6.45) is 3.79. The maximum absolute atomic E-state index is 12.2. The van der Waals surface area contributed by atoms with E-state index in [2.05, 4.69) is 22.2 Å². The third kappa shape index (κ3) is 5.34. The second-order valence-corrected chi connectivity index (χ2v) is 6.82. The molecule has 0 bridgehead atoms. The number of ether oxygens (including phenoxy) is 1. The summed E-state index contributed by atoms with van der Waals surface area (Å²) in [5, 5.41) is 3.37. The van der Waals surface area contributed by atoms with Crippen molar-refractivity contribution in [1.29, 1.82) is 0 Å². The van der Waals surface area contributed by atoms with Crippen molar-refractivity contribution in [1.82, 2.24) is 9.97 Å². The average Bonchev–Trinajstić information content (AvgIpc) is 2.62. The van der Waals surface area contributed by atoms with Gasteiger partial charge in [-0.2, -0.15) is 13.2 Å². The molecule has 0 spiro atoms. The molecule has 1 N–H and O–H groups in total. The Morgan fingerprint density at radius 2 is 1.62 bits per heavy atom. The molecule has 1 saturated carbocycles. The standard InChI is InChI=1S/C19H22F3N3O/c1-13-2-6-16(7-3-13)25-18-23-10-15(11-24-18)14-4-8-17(9-5-14)26-12-19(20,21)22/h4-5,8-11,13,16H,2-3,6-7,12H2,1H3,(H,23,24,25)/t13-,16-. The van der Waals surface area contributed by atoms with Crippen LogP contribution in [0.3, 0.4) is 0 Å². The van der Waals surface area contributed by atoms with Gasteiger partial charge in [0, 0.05) is 24.0 Å². The van der Waals surface area contributed by atoms with Crippen molar-refractivity contribution in [3.63, 3.8) is 0 Å². The van der Waals surface area contributed by atoms with Gasteiger partial charge in [0.05, 0.1) is 0 Å². The predicted molar refractivity (Wildman–Crippen MR) is 94.1 cm³/mol. The zero-order valence-electron chi connectivity index (χ0n) is 14.6. The van der Waals surface area contributed by atoms with Crippen molar-refractivity contribution in [2.75, 3.05) is 11.9 Å². The molecule has 0 amide bonds. The number of halogens is 3. The number of alkyl halides is 3. The number of rotatable bonds is 5. The lowest BCUT2D eigenvalue weighted by Gasteiger charge is -2.26. The first kappa shape index (κ1) is 18.5. The molecule has 1 aromatic carbocycles. The molecule has 2 aromatic rings. The number of nitrogens with zero attached hydrogens (tertiary/aromatic N) is 2. The Hall–Kier alpha value is -2.31. The molecule has 0 aliphatic heterocycles. The first-order valence-corrected chi connectivity index (χ1v) is 8.77. The van der Waals surface area contributed by atoms with Crippen molar-refractivity contribution in [2.24, 2.45) is 5.92 Å². The normalized spacial score (nSPS) is 20.6. The van der Waals surface area contributed by atoms with E-state index in [1.807, 2.05) is 0 Å². The Kier molecular flexibility index (Phi) is 5.64. The number of benzene rings is 1. The monoisotopic (exact) mass is 365 g/mol. The number of hydrogen-bond acceptors (Lipinski definition) is 4. The van der Waals surface area contributed by atoms with Gasteiger partial charge in [-0.1, -0.05) is 19.1 Å². The Morgan fingerprint density at radius 3 is 2.19 bits per heavy atom. The lowest BCUT2D eigenvalue weighted by molar-refractivity contribution is -0.153. The highest BCUT2D eigenvalue weighted by molar-refractivity contribution is 5.62. The third-order valence-corrected chi connectivity index (χ3v) is 4.59. The SMILES string of the molecule is C[C@H]1CC[C@H](Nc2ncc(-c3ccc(OCC(F)(F)F)cc3)cn2)CC1. The van der Waals surface area contributed by atoms with Gasteiger partial charge < -0.3 is 10.1 Å². The van der Waals surface area contributed by atoms with E-state index < -0.39 is 12.8 Å². The van der Waals surface area contributed by atoms with Gasteiger partial charge in [-0.3, -0.25) is 0 Å². The molecule has 3 rings (SSSR count). The van der Waals surface area contributed by atoms with Gasteiger partial charge in [0.2, 0.25) is 5.95 Å². The lowest BCUT2D eigenvalue weighted by Crippen LogP contribution is -2.26. The van der Waals surface area contributed by atoms with Crippen LogP contribution in [-0.4, -0.2) is 28.8 Å². The summed E-state index contributed by atoms with van der Waals surface area (Å²) in [6.45, 7) is 0.983. The quantitative estimate of drug-likeness (QED) is 0.803. The highest BCUT2D eigenvalue weighted by Gasteiger charge is 2.28. The molecule has 0 atom stereocenters. The molecular formula is C19H22F3N3O. The molecule has 0 unspecified atom stereocenters. The molecule has 1 fully saturated rings. The minimum Gasteiger partial charge on any atom is -0.484 e. The van der Waals surface area contributed by atoms with Gasteiger partial charge in [0.15, 0.2) is 6.61 Å². The summed E-state index contributed by atoms with van der Waals surface area (Å²) in [7, 11) is 0. The molecule has 1 aliphatic rings. The van der Waals surface area contributed by atoms with Gasteiger partial charge in [0.25, 0.3) is 0 Å². The van der Waals surface area contributed by atoms with Crippen LogP contribution >= 0.6 is 0 Å². The summed E-state index contributed by atoms with van der Waals surface area (Å²) in [6, 6.07) is 6.83. The van der Waals surface area contributed by atoms with E-state index in [9.17, 15) is 13.2 Å². The van der Waals surface area contributed by atoms with Crippen LogP contribution in [0.1, 0.15) is 32.6 Å². The van der Waals surface area contributed by atoms with Gasteiger partial charge in [-0.25, -0.2) is 9.97 Å². The Morgan fingerprint density at radius 1 is 1.00 bits per heavy atom. The fourth-order valence-corrected chi connectivity index (χ4v) is 3.05. The summed E-state index contributed by atoms with van der Waals surface area (Å²) in [4.78, 5) is 8.71. The van der Waals surface area contributed by atoms with Crippen LogP contribution in [0.2, 0.25) is 0 Å². The van der Waals surface area contributed by atoms with E-state index in [1.54, 1.807) is 24.5 Å². The highest BCUT2D eigenvalue weighted by Crippen LogP contribution is 2.26. The van der Waals surface area contributed by atoms with Crippen molar-refractivity contribution in [3.8, 4) is 16.9 Å². The molecular weight excluding hydrogens is 343 g/mol. The second kappa shape index (κ2) is 7.93. The molecule has 0 saturated heterocycles. The topological polar surface area (TPSA) is 47.0 Å². The Balaban J connectivity index is 1.58. The maximum atomic E-state index is 12.2. The largest absolute Gasteiger partial charge is 0.484 e. The van der Waals surface area contributed by atoms with Crippen LogP contribution in [0.15, 0.2) is 36.7 Å². The van der Waals surface area contributed by atoms with Crippen molar-refractivity contribution < 1.29 is 17.9 Å². The minimum atomic E-state index is -4.34. The first-order valence-electron chi connectivity index (χ1n) is 8.77. The van der Waals surface area contributed by atoms with E-state index in [0.717, 1.165) is 29.9 Å². The predicted octanol–water partition coefficient (Wildman–Crippen LogP) is 5.08. The van der Waals surface area contributed by atoms with E-state index in [0.29, 0.717) is 12.0 Å². The van der Waals surface area contributed by atoms with Gasteiger partial charge in [0.1, 0.15) is 5.75 Å². The first-order chi connectivity index (χ1) is 12.4. The molecule has 0 radical (unpaired) electrons. The molecule has 1 aliphatic carbocycles. The maximum Gasteiger partial charge on any atom is 0.422 e. The molecule has 1 aromatic heterocycles. The smallest absolute Gasteiger partial charge is 0.422 e. The lowest BCUT2D eigenvalue weighted by atomic mass is 9.87. The van der Waals surface area contributed by atoms with Crippen LogP contribution in [0.4, 0.5) is 19.1 Å². The highest BCUT2D eigenvalue weighted by atomic mass is 19.4. The van der Waals surface area contributed by atoms with E-state index in [1.165, 1.54) is 25.0 Å². The van der Waals surface area contributed by atoms with Gasteiger partial charge in [-0.05, 0) is 49.3 Å². The number of hydrogen-bond donors (Lipinski definition) is 1. The molecule has 4 nitrogen and oxygen atoms in total. The molecule has 1 heterocycles. The Bertz CT molecular complexity index is 693. The van der Waals surface area contributed by atoms with Gasteiger partial charge >= 0.3 is 6.18 Å². The third-order valence-electron chi connectivity index (χ3n) is 4.59. The summed E-state index contributed by atoms with van der Waals surface area (Å²) in [5.41, 5.74) is 1.62. The number of aromatic nitrogens is 2. The van der Waals surface area contributed by atoms with Crippen molar-refractivity contribution in [3.05, 3.63) is 36.7 Å². The number of anilines is 1. The molecule has 7 heteroatoms. The molecule has 26 heavy (non-hydrogen) atoms. The van der Waals surface area contributed by atoms with E-state index in [4.69, 9.17) is 4.74 Å². The molecule has 140 valence electrons. The van der Waals surface area contributed by atoms with Crippen LogP contribution < -0.4 is 10.1 Å². The van der Waals surface area contributed by atoms with Crippen LogP contribution in [0.25, 0.3) is 11.1 Å². The zero-order valence-corrected chi connectivity index (χ0v) is 14.6. The average molecular weight is 365 g/mol. The summed E-state index contributed by atoms with van der Waals surface area (Å²) < 4.78 is 41.2. The fraction of sp³-hybridized carbons (Fsp3) is 0.474. The van der Waals surface area contributed by atoms with E-state index in [-0.39, 0.29) is 5.75 Å². The van der Waals surface area contributed by atoms with Crippen LogP contribution in [0, 0.1) is 5.92 Å². The zero-order chi connectivity index (χ0) is 18.6. The fourth-order valence-electron chi connectivity index (χ4n) is 3.05. The summed E-state index contributed by atoms with van der Waals surface area (Å²) in [5.74, 6) is 1.58. The van der Waals surface area contributed by atoms with Gasteiger partial charge in [-0.15, -0.1) is 0 Å². The van der Waals surface area contributed by atoms with Crippen molar-refractivity contribution in [2.45, 2.75) is 44.8 Å². The number of nitrogens with one attached hydrogen (secondary N) is 1. The Labute approximate surface area is 150 Å². The summed E-state index contributed by atoms with van der Waals surface area (Å²) >= 11 is 0. The minimum absolute atomic E-state index is 0.178. The van der Waals surface area contributed by atoms with Crippen LogP contribution in [-0.2, 0) is 0 Å².